The summed E-state index contributed by atoms with van der Waals surface area (Å²) in [4.78, 5) is 33.7. The predicted octanol–water partition coefficient (Wildman–Crippen LogP) is 0.745. The molecule has 0 aliphatic carbocycles. The molecule has 1 amide bonds. The second-order valence-electron chi connectivity index (χ2n) is 6.53. The lowest BCUT2D eigenvalue weighted by Crippen LogP contribution is -2.48. The fourth-order valence-electron chi connectivity index (χ4n) is 3.29. The van der Waals surface area contributed by atoms with E-state index in [2.05, 4.69) is 15.1 Å². The van der Waals surface area contributed by atoms with Gasteiger partial charge in [-0.1, -0.05) is 24.2 Å². The second-order valence-corrected chi connectivity index (χ2v) is 6.53. The van der Waals surface area contributed by atoms with Gasteiger partial charge in [-0.25, -0.2) is 4.79 Å². The second kappa shape index (κ2) is 7.36. The molecule has 1 atom stereocenters. The molecule has 0 bridgehead atoms. The summed E-state index contributed by atoms with van der Waals surface area (Å²) >= 11 is 0. The Hall–Kier alpha value is -2.94. The van der Waals surface area contributed by atoms with E-state index in [4.69, 9.17) is 9.26 Å². The summed E-state index contributed by atoms with van der Waals surface area (Å²) in [5, 5.41) is 3.94. The SMILES string of the molecule is CCc1nc(CC2CN(C(=O)Cn3c(=O)[nH]c4ccccc43)CCO2)no1. The van der Waals surface area contributed by atoms with Crippen molar-refractivity contribution in [3.63, 3.8) is 0 Å². The van der Waals surface area contributed by atoms with Crippen molar-refractivity contribution in [1.29, 1.82) is 0 Å². The highest BCUT2D eigenvalue weighted by Gasteiger charge is 2.26. The van der Waals surface area contributed by atoms with Gasteiger partial charge in [0.1, 0.15) is 6.54 Å². The third-order valence-corrected chi connectivity index (χ3v) is 4.69. The number of ether oxygens (including phenoxy) is 1. The number of carbonyl (C=O) groups excluding carboxylic acids is 1. The molecule has 1 saturated heterocycles. The molecule has 3 heterocycles. The molecule has 0 saturated carbocycles. The number of nitrogens with one attached hydrogen (secondary N) is 1. The number of benzene rings is 1. The number of carbonyl (C=O) groups is 1. The number of amides is 1. The van der Waals surface area contributed by atoms with Crippen molar-refractivity contribution in [2.45, 2.75) is 32.4 Å². The van der Waals surface area contributed by atoms with E-state index in [0.717, 1.165) is 11.0 Å². The number of aryl methyl sites for hydroxylation is 1. The van der Waals surface area contributed by atoms with Crippen LogP contribution in [-0.2, 0) is 28.9 Å². The molecule has 142 valence electrons. The van der Waals surface area contributed by atoms with Gasteiger partial charge >= 0.3 is 5.69 Å². The molecule has 0 spiro atoms. The number of nitrogens with zero attached hydrogens (tertiary/aromatic N) is 4. The van der Waals surface area contributed by atoms with E-state index >= 15 is 0 Å². The highest BCUT2D eigenvalue weighted by atomic mass is 16.5. The van der Waals surface area contributed by atoms with E-state index in [0.29, 0.717) is 44.3 Å². The van der Waals surface area contributed by atoms with Gasteiger partial charge in [0.05, 0.1) is 23.7 Å². The summed E-state index contributed by atoms with van der Waals surface area (Å²) in [7, 11) is 0. The highest BCUT2D eigenvalue weighted by molar-refractivity contribution is 5.80. The molecule has 2 aromatic heterocycles. The molecular weight excluding hydrogens is 350 g/mol. The molecule has 4 rings (SSSR count). The number of hydrogen-bond donors (Lipinski definition) is 1. The lowest BCUT2D eigenvalue weighted by molar-refractivity contribution is -0.139. The number of imidazole rings is 1. The first kappa shape index (κ1) is 17.5. The summed E-state index contributed by atoms with van der Waals surface area (Å²) in [6.07, 6.45) is 0.979. The molecule has 9 heteroatoms. The van der Waals surface area contributed by atoms with Crippen LogP contribution >= 0.6 is 0 Å². The van der Waals surface area contributed by atoms with Gasteiger partial charge in [0.2, 0.25) is 11.8 Å². The van der Waals surface area contributed by atoms with Crippen LogP contribution in [0, 0.1) is 0 Å². The maximum atomic E-state index is 12.8. The minimum Gasteiger partial charge on any atom is -0.374 e. The Balaban J connectivity index is 1.43. The van der Waals surface area contributed by atoms with Crippen molar-refractivity contribution in [1.82, 2.24) is 24.6 Å². The molecule has 1 aromatic carbocycles. The Morgan fingerprint density at radius 2 is 2.22 bits per heavy atom. The van der Waals surface area contributed by atoms with E-state index in [9.17, 15) is 9.59 Å². The summed E-state index contributed by atoms with van der Waals surface area (Å²) in [6, 6.07) is 7.33. The van der Waals surface area contributed by atoms with E-state index in [-0.39, 0.29) is 24.2 Å². The largest absolute Gasteiger partial charge is 0.374 e. The topological polar surface area (TPSA) is 106 Å². The molecule has 1 aliphatic heterocycles. The van der Waals surface area contributed by atoms with E-state index in [1.807, 2.05) is 31.2 Å². The van der Waals surface area contributed by atoms with E-state index in [1.54, 1.807) is 4.90 Å². The summed E-state index contributed by atoms with van der Waals surface area (Å²) in [5.74, 6) is 1.06. The quantitative estimate of drug-likeness (QED) is 0.709. The average Bonchev–Trinajstić information content (AvgIpc) is 3.26. The van der Waals surface area contributed by atoms with Gasteiger partial charge in [0.25, 0.3) is 0 Å². The van der Waals surface area contributed by atoms with Crippen LogP contribution in [0.15, 0.2) is 33.6 Å². The fraction of sp³-hybridized carbons (Fsp3) is 0.444. The summed E-state index contributed by atoms with van der Waals surface area (Å²) < 4.78 is 12.3. The third-order valence-electron chi connectivity index (χ3n) is 4.69. The number of para-hydroxylation sites is 2. The summed E-state index contributed by atoms with van der Waals surface area (Å²) in [5.41, 5.74) is 1.16. The predicted molar refractivity (Wildman–Crippen MR) is 96.3 cm³/mol. The van der Waals surface area contributed by atoms with Crippen LogP contribution in [0.1, 0.15) is 18.6 Å². The van der Waals surface area contributed by atoms with Crippen molar-refractivity contribution in [3.05, 3.63) is 46.5 Å². The van der Waals surface area contributed by atoms with Crippen LogP contribution in [-0.4, -0.2) is 56.3 Å². The van der Waals surface area contributed by atoms with Gasteiger partial charge in [-0.05, 0) is 12.1 Å². The number of aromatic amines is 1. The Morgan fingerprint density at radius 3 is 3.04 bits per heavy atom. The molecule has 1 aliphatic rings. The number of fused-ring (bicyclic) bond motifs is 1. The van der Waals surface area contributed by atoms with Gasteiger partial charge in [-0.3, -0.25) is 9.36 Å². The number of hydrogen-bond acceptors (Lipinski definition) is 6. The molecule has 1 fully saturated rings. The molecule has 27 heavy (non-hydrogen) atoms. The lowest BCUT2D eigenvalue weighted by Gasteiger charge is -2.32. The first-order chi connectivity index (χ1) is 13.1. The third kappa shape index (κ3) is 3.63. The van der Waals surface area contributed by atoms with Crippen LogP contribution in [0.25, 0.3) is 11.0 Å². The average molecular weight is 371 g/mol. The summed E-state index contributed by atoms with van der Waals surface area (Å²) in [6.45, 7) is 3.32. The normalized spacial score (nSPS) is 17.5. The van der Waals surface area contributed by atoms with E-state index < -0.39 is 0 Å². The molecule has 1 N–H and O–H groups in total. The standard InChI is InChI=1S/C18H21N5O4/c1-2-16-20-15(21-27-16)9-12-10-22(7-8-26-12)17(24)11-23-14-6-4-3-5-13(14)19-18(23)25/h3-6,12H,2,7-11H2,1H3,(H,19,25). The first-order valence-corrected chi connectivity index (χ1v) is 9.02. The van der Waals surface area contributed by atoms with Gasteiger partial charge in [-0.2, -0.15) is 4.98 Å². The van der Waals surface area contributed by atoms with E-state index in [1.165, 1.54) is 4.57 Å². The van der Waals surface area contributed by atoms with Crippen molar-refractivity contribution >= 4 is 16.9 Å². The Labute approximate surface area is 154 Å². The minimum absolute atomic E-state index is 0.00222. The van der Waals surface area contributed by atoms with Gasteiger partial charge in [-0.15, -0.1) is 0 Å². The molecule has 0 radical (unpaired) electrons. The zero-order valence-corrected chi connectivity index (χ0v) is 15.1. The lowest BCUT2D eigenvalue weighted by atomic mass is 10.2. The minimum atomic E-state index is -0.284. The molecular formula is C18H21N5O4. The van der Waals surface area contributed by atoms with Crippen molar-refractivity contribution in [2.75, 3.05) is 19.7 Å². The van der Waals surface area contributed by atoms with Crippen molar-refractivity contribution in [2.24, 2.45) is 0 Å². The molecule has 9 nitrogen and oxygen atoms in total. The fourth-order valence-corrected chi connectivity index (χ4v) is 3.29. The maximum absolute atomic E-state index is 12.8. The zero-order chi connectivity index (χ0) is 18.8. The van der Waals surface area contributed by atoms with Crippen LogP contribution < -0.4 is 5.69 Å². The highest BCUT2D eigenvalue weighted by Crippen LogP contribution is 2.13. The number of morpholine rings is 1. The number of aromatic nitrogens is 4. The zero-order valence-electron chi connectivity index (χ0n) is 15.1. The Morgan fingerprint density at radius 1 is 1.37 bits per heavy atom. The van der Waals surface area contributed by atoms with Crippen LogP contribution in [0.4, 0.5) is 0 Å². The van der Waals surface area contributed by atoms with Gasteiger partial charge in [0, 0.05) is 25.9 Å². The number of H-pyrrole nitrogens is 1. The molecule has 3 aromatic rings. The first-order valence-electron chi connectivity index (χ1n) is 9.02. The van der Waals surface area contributed by atoms with Crippen LogP contribution in [0.3, 0.4) is 0 Å². The van der Waals surface area contributed by atoms with Crippen molar-refractivity contribution < 1.29 is 14.1 Å². The van der Waals surface area contributed by atoms with Crippen LogP contribution in [0.2, 0.25) is 0 Å². The van der Waals surface area contributed by atoms with Crippen molar-refractivity contribution in [3.8, 4) is 0 Å². The van der Waals surface area contributed by atoms with Gasteiger partial charge in [0.15, 0.2) is 5.82 Å². The van der Waals surface area contributed by atoms with Crippen LogP contribution in [0.5, 0.6) is 0 Å². The monoisotopic (exact) mass is 371 g/mol. The smallest absolute Gasteiger partial charge is 0.326 e. The Bertz CT molecular complexity index is 1000. The maximum Gasteiger partial charge on any atom is 0.326 e. The van der Waals surface area contributed by atoms with Gasteiger partial charge < -0.3 is 19.1 Å². The molecule has 1 unspecified atom stereocenters. The Kier molecular flexibility index (Phi) is 4.76. The number of rotatable bonds is 5.